The van der Waals surface area contributed by atoms with E-state index in [-0.39, 0.29) is 11.5 Å². The van der Waals surface area contributed by atoms with E-state index in [9.17, 15) is 0 Å². The van der Waals surface area contributed by atoms with Crippen molar-refractivity contribution < 1.29 is 4.74 Å². The van der Waals surface area contributed by atoms with E-state index >= 15 is 0 Å². The first kappa shape index (κ1) is 21.1. The smallest absolute Gasteiger partial charge is 0.132 e. The first-order chi connectivity index (χ1) is 15.0. The van der Waals surface area contributed by atoms with Gasteiger partial charge in [0.15, 0.2) is 0 Å². The molecule has 5 N–H and O–H groups in total. The summed E-state index contributed by atoms with van der Waals surface area (Å²) in [7, 11) is 0. The van der Waals surface area contributed by atoms with Gasteiger partial charge in [-0.1, -0.05) is 0 Å². The Morgan fingerprint density at radius 3 is 2.77 bits per heavy atom. The molecule has 0 radical (unpaired) electrons. The molecular weight excluding hydrogens is 390 g/mol. The fraction of sp³-hybridized carbons (Fsp3) is 0.478. The summed E-state index contributed by atoms with van der Waals surface area (Å²) >= 11 is 0. The number of ether oxygens (including phenoxy) is 1. The molecule has 8 nitrogen and oxygen atoms in total. The summed E-state index contributed by atoms with van der Waals surface area (Å²) < 4.78 is 6.12. The zero-order valence-electron chi connectivity index (χ0n) is 18.0. The Balaban J connectivity index is 1.39. The molecule has 2 fully saturated rings. The molecule has 2 heterocycles. The highest BCUT2D eigenvalue weighted by atomic mass is 16.5. The molecule has 2 aliphatic carbocycles. The van der Waals surface area contributed by atoms with Gasteiger partial charge in [0, 0.05) is 49.4 Å². The maximum Gasteiger partial charge on any atom is 0.132 e. The molecule has 1 saturated heterocycles. The molecule has 3 aliphatic rings. The Labute approximate surface area is 183 Å². The summed E-state index contributed by atoms with van der Waals surface area (Å²) in [6.45, 7) is 3.88. The Morgan fingerprint density at radius 1 is 1.29 bits per heavy atom. The molecule has 1 aliphatic heterocycles. The predicted octanol–water partition coefficient (Wildman–Crippen LogP) is 2.88. The molecule has 8 heteroatoms. The van der Waals surface area contributed by atoms with Crippen LogP contribution in [0.15, 0.2) is 48.3 Å². The first-order valence-corrected chi connectivity index (χ1v) is 10.9. The van der Waals surface area contributed by atoms with E-state index in [0.717, 1.165) is 50.3 Å². The molecule has 31 heavy (non-hydrogen) atoms. The lowest BCUT2D eigenvalue weighted by Gasteiger charge is -2.33. The van der Waals surface area contributed by atoms with Crippen LogP contribution in [0.3, 0.4) is 0 Å². The van der Waals surface area contributed by atoms with Gasteiger partial charge < -0.3 is 31.5 Å². The second kappa shape index (κ2) is 8.91. The van der Waals surface area contributed by atoms with Crippen LogP contribution in [0.1, 0.15) is 44.7 Å². The highest BCUT2D eigenvalue weighted by molar-refractivity contribution is 6.00. The number of nitrogens with two attached hydrogens (primary N) is 1. The van der Waals surface area contributed by atoms with Gasteiger partial charge in [-0.3, -0.25) is 0 Å². The van der Waals surface area contributed by atoms with Crippen LogP contribution >= 0.6 is 0 Å². The Morgan fingerprint density at radius 2 is 2.06 bits per heavy atom. The highest BCUT2D eigenvalue weighted by Crippen LogP contribution is 2.42. The van der Waals surface area contributed by atoms with Gasteiger partial charge in [-0.05, 0) is 57.0 Å². The van der Waals surface area contributed by atoms with Crippen LogP contribution in [0.4, 0.5) is 5.82 Å². The quantitative estimate of drug-likeness (QED) is 0.479. The van der Waals surface area contributed by atoms with E-state index in [1.807, 2.05) is 24.4 Å². The van der Waals surface area contributed by atoms with E-state index in [1.54, 1.807) is 6.08 Å². The van der Waals surface area contributed by atoms with Gasteiger partial charge in [-0.2, -0.15) is 0 Å². The van der Waals surface area contributed by atoms with Crippen LogP contribution in [0, 0.1) is 16.7 Å². The normalized spacial score (nSPS) is 23.1. The molecule has 0 amide bonds. The van der Waals surface area contributed by atoms with Crippen molar-refractivity contribution in [1.29, 1.82) is 10.8 Å². The van der Waals surface area contributed by atoms with E-state index in [1.165, 1.54) is 12.5 Å². The van der Waals surface area contributed by atoms with Crippen LogP contribution in [-0.4, -0.2) is 46.6 Å². The average Bonchev–Trinajstić information content (AvgIpc) is 3.52. The van der Waals surface area contributed by atoms with E-state index in [2.05, 4.69) is 27.1 Å². The Hall–Kier alpha value is -3.16. The molecule has 4 rings (SSSR count). The van der Waals surface area contributed by atoms with Crippen LogP contribution in [0.2, 0.25) is 0 Å². The maximum atomic E-state index is 8.78. The lowest BCUT2D eigenvalue weighted by Crippen LogP contribution is -2.41. The predicted molar refractivity (Wildman–Crippen MR) is 122 cm³/mol. The highest BCUT2D eigenvalue weighted by Gasteiger charge is 2.41. The molecule has 1 atom stereocenters. The first-order valence-electron chi connectivity index (χ1n) is 10.9. The van der Waals surface area contributed by atoms with Crippen molar-refractivity contribution in [2.75, 3.05) is 18.0 Å². The van der Waals surface area contributed by atoms with Gasteiger partial charge in [0.2, 0.25) is 0 Å². The lowest BCUT2D eigenvalue weighted by molar-refractivity contribution is 0.101. The Kier molecular flexibility index (Phi) is 6.06. The SMILES string of the molecule is CC1(OC2=CC=C(N)C(C(=N)c3cc(N4CCC(N/C=C\C=N)CC4)ncn3)C2)CC1. The zero-order valence-corrected chi connectivity index (χ0v) is 18.0. The van der Waals surface area contributed by atoms with Gasteiger partial charge in [-0.15, -0.1) is 0 Å². The number of nitrogens with one attached hydrogen (secondary N) is 3. The molecule has 1 saturated carbocycles. The van der Waals surface area contributed by atoms with Crippen molar-refractivity contribution in [1.82, 2.24) is 15.3 Å². The van der Waals surface area contributed by atoms with Crippen molar-refractivity contribution in [3.63, 3.8) is 0 Å². The van der Waals surface area contributed by atoms with Crippen molar-refractivity contribution in [2.45, 2.75) is 50.7 Å². The molecule has 0 spiro atoms. The van der Waals surface area contributed by atoms with E-state index in [4.69, 9.17) is 21.3 Å². The molecule has 1 unspecified atom stereocenters. The minimum atomic E-state index is -0.235. The van der Waals surface area contributed by atoms with E-state index < -0.39 is 0 Å². The standard InChI is InChI=1S/C23H31N7O/c1-23(7-8-23)31-17-3-4-19(25)18(13-17)22(26)20-14-21(29-15-28-20)30-11-5-16(6-12-30)27-10-2-9-24/h2-4,9-10,14-16,18,24,26-27H,5-8,11-13,25H2,1H3/b10-2-,24-9?,26-22?. The third-order valence-corrected chi connectivity index (χ3v) is 6.22. The van der Waals surface area contributed by atoms with E-state index in [0.29, 0.717) is 29.6 Å². The van der Waals surface area contributed by atoms with Crippen molar-refractivity contribution >= 4 is 17.7 Å². The zero-order chi connectivity index (χ0) is 21.8. The summed E-state index contributed by atoms with van der Waals surface area (Å²) in [6, 6.07) is 2.30. The minimum absolute atomic E-state index is 0.0448. The molecule has 164 valence electrons. The number of hydrogen-bond donors (Lipinski definition) is 4. The molecule has 0 bridgehead atoms. The number of hydrogen-bond acceptors (Lipinski definition) is 8. The number of allylic oxidation sites excluding steroid dienone is 5. The van der Waals surface area contributed by atoms with Crippen LogP contribution in [-0.2, 0) is 4.74 Å². The monoisotopic (exact) mass is 421 g/mol. The minimum Gasteiger partial charge on any atom is -0.492 e. The van der Waals surface area contributed by atoms with Gasteiger partial charge in [-0.25, -0.2) is 9.97 Å². The number of anilines is 1. The summed E-state index contributed by atoms with van der Waals surface area (Å²) in [6.07, 6.45) is 14.8. The number of nitrogens with zero attached hydrogens (tertiary/aromatic N) is 3. The van der Waals surface area contributed by atoms with Gasteiger partial charge >= 0.3 is 0 Å². The van der Waals surface area contributed by atoms with Crippen LogP contribution in [0.25, 0.3) is 0 Å². The van der Waals surface area contributed by atoms with Gasteiger partial charge in [0.1, 0.15) is 17.7 Å². The largest absolute Gasteiger partial charge is 0.492 e. The molecule has 0 aromatic carbocycles. The van der Waals surface area contributed by atoms with Crippen LogP contribution in [0.5, 0.6) is 0 Å². The van der Waals surface area contributed by atoms with Gasteiger partial charge in [0.25, 0.3) is 0 Å². The fourth-order valence-electron chi connectivity index (χ4n) is 3.99. The topological polar surface area (TPSA) is 124 Å². The van der Waals surface area contributed by atoms with Gasteiger partial charge in [0.05, 0.1) is 17.2 Å². The fourth-order valence-corrected chi connectivity index (χ4v) is 3.99. The molecular formula is C23H31N7O. The van der Waals surface area contributed by atoms with Crippen molar-refractivity contribution in [2.24, 2.45) is 11.7 Å². The second-order valence-electron chi connectivity index (χ2n) is 8.74. The summed E-state index contributed by atoms with van der Waals surface area (Å²) in [5, 5.41) is 19.2. The summed E-state index contributed by atoms with van der Waals surface area (Å²) in [5.41, 5.74) is 7.88. The Bertz CT molecular complexity index is 924. The second-order valence-corrected chi connectivity index (χ2v) is 8.74. The lowest BCUT2D eigenvalue weighted by atomic mass is 9.89. The maximum absolute atomic E-state index is 8.78. The molecule has 1 aromatic heterocycles. The average molecular weight is 422 g/mol. The van der Waals surface area contributed by atoms with Crippen molar-refractivity contribution in [3.8, 4) is 0 Å². The number of aromatic nitrogens is 2. The van der Waals surface area contributed by atoms with Crippen LogP contribution < -0.4 is 16.0 Å². The summed E-state index contributed by atoms with van der Waals surface area (Å²) in [4.78, 5) is 11.1. The number of rotatable bonds is 8. The van der Waals surface area contributed by atoms with Crippen molar-refractivity contribution in [3.05, 3.63) is 54.0 Å². The molecule has 1 aromatic rings. The third kappa shape index (κ3) is 5.13. The summed E-state index contributed by atoms with van der Waals surface area (Å²) in [5.74, 6) is 1.50. The third-order valence-electron chi connectivity index (χ3n) is 6.22. The number of piperidine rings is 1.